The summed E-state index contributed by atoms with van der Waals surface area (Å²) in [5.74, 6) is 0. The van der Waals surface area contributed by atoms with Gasteiger partial charge in [-0.2, -0.15) is 0 Å². The molecule has 0 aliphatic heterocycles. The van der Waals surface area contributed by atoms with E-state index >= 15 is 0 Å². The van der Waals surface area contributed by atoms with Gasteiger partial charge in [-0.1, -0.05) is 0 Å². The monoisotopic (exact) mass is 674 g/mol. The van der Waals surface area contributed by atoms with E-state index in [2.05, 4.69) is 171 Å². The predicted molar refractivity (Wildman–Crippen MR) is 209 cm³/mol. The minimum absolute atomic E-state index is 0.203. The van der Waals surface area contributed by atoms with E-state index in [0.29, 0.717) is 0 Å². The van der Waals surface area contributed by atoms with Crippen LogP contribution in [0.5, 0.6) is 0 Å². The van der Waals surface area contributed by atoms with E-state index in [-0.39, 0.29) is 14.5 Å². The van der Waals surface area contributed by atoms with Crippen LogP contribution in [0.4, 0.5) is 0 Å². The molecule has 9 aromatic carbocycles. The molecule has 0 aliphatic carbocycles. The summed E-state index contributed by atoms with van der Waals surface area (Å²) in [6, 6.07) is 60.9. The zero-order chi connectivity index (χ0) is 31.8. The number of benzene rings is 9. The van der Waals surface area contributed by atoms with Crippen molar-refractivity contribution >= 4 is 76.9 Å². The molecule has 0 saturated carbocycles. The van der Waals surface area contributed by atoms with E-state index in [1.54, 1.807) is 0 Å². The second-order valence-corrected chi connectivity index (χ2v) is 15.0. The first-order valence-corrected chi connectivity index (χ1v) is 18.3. The van der Waals surface area contributed by atoms with Crippen LogP contribution in [0.25, 0.3) is 95.8 Å². The topological polar surface area (TPSA) is 0 Å². The Morgan fingerprint density at radius 1 is 0.333 bits per heavy atom. The quantitative estimate of drug-likeness (QED) is 0.129. The van der Waals surface area contributed by atoms with Gasteiger partial charge in [-0.05, 0) is 0 Å². The summed E-state index contributed by atoms with van der Waals surface area (Å²) in [7, 11) is 0. The van der Waals surface area contributed by atoms with Gasteiger partial charge >= 0.3 is 287 Å². The number of aryl methyl sites for hydroxylation is 1. The van der Waals surface area contributed by atoms with Gasteiger partial charge in [0.25, 0.3) is 0 Å². The summed E-state index contributed by atoms with van der Waals surface area (Å²) >= 11 is 0.203. The molecular weight excluding hydrogens is 643 g/mol. The first-order chi connectivity index (χ1) is 23.8. The summed E-state index contributed by atoms with van der Waals surface area (Å²) in [6.45, 7) is 2.27. The molecule has 0 N–H and O–H groups in total. The molecule has 0 bridgehead atoms. The Bertz CT molecular complexity index is 2780. The maximum absolute atomic E-state index is 2.48. The van der Waals surface area contributed by atoms with E-state index in [4.69, 9.17) is 0 Å². The minimum atomic E-state index is 0.203. The van der Waals surface area contributed by atoms with Crippen LogP contribution in [0.2, 0.25) is 0 Å². The zero-order valence-electron chi connectivity index (χ0n) is 26.5. The molecule has 0 spiro atoms. The molecule has 1 heteroatoms. The fourth-order valence-electron chi connectivity index (χ4n) is 8.14. The van der Waals surface area contributed by atoms with Gasteiger partial charge in [-0.15, -0.1) is 0 Å². The molecule has 0 atom stereocenters. The third-order valence-corrected chi connectivity index (χ3v) is 12.8. The fourth-order valence-corrected chi connectivity index (χ4v) is 10.7. The van der Waals surface area contributed by atoms with Crippen LogP contribution in [0.15, 0.2) is 164 Å². The Balaban J connectivity index is 1.26. The molecule has 0 fully saturated rings. The van der Waals surface area contributed by atoms with Crippen molar-refractivity contribution in [2.24, 2.45) is 0 Å². The van der Waals surface area contributed by atoms with Crippen LogP contribution in [0.3, 0.4) is 0 Å². The van der Waals surface area contributed by atoms with E-state index in [1.165, 1.54) is 101 Å². The third kappa shape index (κ3) is 4.02. The second kappa shape index (κ2) is 10.8. The molecule has 0 unspecified atom stereocenters. The van der Waals surface area contributed by atoms with Gasteiger partial charge in [0.1, 0.15) is 0 Å². The van der Waals surface area contributed by atoms with Crippen molar-refractivity contribution in [3.8, 4) is 33.4 Å². The van der Waals surface area contributed by atoms with Gasteiger partial charge < -0.3 is 0 Å². The third-order valence-electron chi connectivity index (χ3n) is 10.2. The Morgan fingerprint density at radius 3 is 1.35 bits per heavy atom. The fraction of sp³-hybridized carbons (Fsp3) is 0.0213. The second-order valence-electron chi connectivity index (χ2n) is 12.8. The van der Waals surface area contributed by atoms with E-state index in [9.17, 15) is 0 Å². The Kier molecular flexibility index (Phi) is 6.21. The average molecular weight is 674 g/mol. The zero-order valence-corrected chi connectivity index (χ0v) is 28.2. The van der Waals surface area contributed by atoms with Crippen LogP contribution in [-0.4, -0.2) is 14.5 Å². The first kappa shape index (κ1) is 27.6. The molecule has 1 aromatic heterocycles. The first-order valence-electron chi connectivity index (χ1n) is 16.6. The molecule has 0 aliphatic rings. The van der Waals surface area contributed by atoms with Gasteiger partial charge in [-0.25, -0.2) is 0 Å². The molecule has 48 heavy (non-hydrogen) atoms. The Hall–Kier alpha value is -5.46. The van der Waals surface area contributed by atoms with Gasteiger partial charge in [0.2, 0.25) is 0 Å². The van der Waals surface area contributed by atoms with Crippen molar-refractivity contribution in [2.45, 2.75) is 6.92 Å². The molecule has 10 aromatic rings. The van der Waals surface area contributed by atoms with Crippen molar-refractivity contribution < 1.29 is 0 Å². The molecular formula is C47H30Se. The molecule has 1 heterocycles. The number of hydrogen-bond donors (Lipinski definition) is 0. The van der Waals surface area contributed by atoms with Crippen LogP contribution in [-0.2, 0) is 0 Å². The Morgan fingerprint density at radius 2 is 0.792 bits per heavy atom. The van der Waals surface area contributed by atoms with E-state index in [1.807, 2.05) is 0 Å². The summed E-state index contributed by atoms with van der Waals surface area (Å²) in [4.78, 5) is 0. The van der Waals surface area contributed by atoms with Crippen LogP contribution >= 0.6 is 0 Å². The van der Waals surface area contributed by atoms with Gasteiger partial charge in [0, 0.05) is 0 Å². The van der Waals surface area contributed by atoms with Crippen molar-refractivity contribution in [3.05, 3.63) is 169 Å². The number of rotatable bonds is 3. The molecule has 10 rings (SSSR count). The average Bonchev–Trinajstić information content (AvgIpc) is 3.53. The summed E-state index contributed by atoms with van der Waals surface area (Å²) in [5, 5.41) is 13.3. The van der Waals surface area contributed by atoms with Crippen LogP contribution in [0, 0.1) is 6.92 Å². The standard InChI is InChI=1S/C47H30Se/c1-29-32-16-5-7-18-34(32)46(35-19-8-6-17-33(29)35)41-25-13-24-40-42-28-31(26-27-43(42)48-47(40)41)45-38-22-11-9-20-36(38)44(30-14-3-2-4-15-30)37-21-10-12-23-39(37)45/h2-28H,1H3. The van der Waals surface area contributed by atoms with Crippen molar-refractivity contribution in [3.63, 3.8) is 0 Å². The van der Waals surface area contributed by atoms with Crippen molar-refractivity contribution in [1.29, 1.82) is 0 Å². The molecule has 224 valence electrons. The molecule has 0 radical (unpaired) electrons. The Labute approximate surface area is 285 Å². The summed E-state index contributed by atoms with van der Waals surface area (Å²) in [6.07, 6.45) is 0. The van der Waals surface area contributed by atoms with Crippen LogP contribution < -0.4 is 0 Å². The predicted octanol–water partition coefficient (Wildman–Crippen LogP) is 13.0. The van der Waals surface area contributed by atoms with Gasteiger partial charge in [-0.3, -0.25) is 0 Å². The number of hydrogen-bond acceptors (Lipinski definition) is 0. The molecule has 0 amide bonds. The van der Waals surface area contributed by atoms with Gasteiger partial charge in [0.15, 0.2) is 0 Å². The van der Waals surface area contributed by atoms with E-state index in [0.717, 1.165) is 0 Å². The van der Waals surface area contributed by atoms with Crippen molar-refractivity contribution in [1.82, 2.24) is 0 Å². The summed E-state index contributed by atoms with van der Waals surface area (Å²) < 4.78 is 2.95. The molecule has 0 saturated heterocycles. The maximum atomic E-state index is 2.48. The summed E-state index contributed by atoms with van der Waals surface area (Å²) in [5.41, 5.74) is 9.26. The van der Waals surface area contributed by atoms with Crippen LogP contribution in [0.1, 0.15) is 5.56 Å². The molecule has 0 nitrogen and oxygen atoms in total. The van der Waals surface area contributed by atoms with Gasteiger partial charge in [0.05, 0.1) is 0 Å². The number of fused-ring (bicyclic) bond motifs is 7. The normalized spacial score (nSPS) is 11.9. The van der Waals surface area contributed by atoms with E-state index < -0.39 is 0 Å². The van der Waals surface area contributed by atoms with Crippen molar-refractivity contribution in [2.75, 3.05) is 0 Å². The SMILES string of the molecule is Cc1c2ccccc2c(-c2cccc3c2[se]c2ccc(-c4c5ccccc5c(-c5ccccc5)c5ccccc45)cc23)c2ccccc12.